The average molecular weight is 318 g/mol. The molecule has 0 spiro atoms. The van der Waals surface area contributed by atoms with Crippen molar-refractivity contribution in [3.63, 3.8) is 0 Å². The van der Waals surface area contributed by atoms with Crippen LogP contribution in [0.2, 0.25) is 0 Å². The first-order valence-electron chi connectivity index (χ1n) is 8.66. The molecule has 3 aromatic rings. The minimum atomic E-state index is 0.172. The minimum Gasteiger partial charge on any atom is -0.456 e. The van der Waals surface area contributed by atoms with Gasteiger partial charge in [0.1, 0.15) is 11.5 Å². The second kappa shape index (κ2) is 6.32. The largest absolute Gasteiger partial charge is 0.456 e. The lowest BCUT2D eigenvalue weighted by Crippen LogP contribution is -2.10. The van der Waals surface area contributed by atoms with Gasteiger partial charge in [-0.25, -0.2) is 0 Å². The molecular weight excluding hydrogens is 292 g/mol. The van der Waals surface area contributed by atoms with Gasteiger partial charge in [-0.1, -0.05) is 83.1 Å². The SMILES string of the molecule is CC(C)c1ccc(-c2ccc(-c3ccc(C(C)(C)C)cc3)o2)cc1. The zero-order valence-corrected chi connectivity index (χ0v) is 15.3. The normalized spacial score (nSPS) is 11.9. The third-order valence-electron chi connectivity index (χ3n) is 4.50. The van der Waals surface area contributed by atoms with E-state index in [-0.39, 0.29) is 5.41 Å². The Bertz CT molecular complexity index is 796. The van der Waals surface area contributed by atoms with Crippen molar-refractivity contribution >= 4 is 0 Å². The molecule has 0 aliphatic carbocycles. The second-order valence-electron chi connectivity index (χ2n) is 7.77. The van der Waals surface area contributed by atoms with Gasteiger partial charge in [0.15, 0.2) is 0 Å². The van der Waals surface area contributed by atoms with E-state index in [1.807, 2.05) is 0 Å². The molecule has 0 saturated carbocycles. The van der Waals surface area contributed by atoms with Crippen LogP contribution in [-0.4, -0.2) is 0 Å². The molecule has 0 N–H and O–H groups in total. The van der Waals surface area contributed by atoms with E-state index in [1.54, 1.807) is 0 Å². The molecule has 2 aromatic carbocycles. The highest BCUT2D eigenvalue weighted by atomic mass is 16.3. The molecule has 1 heterocycles. The summed E-state index contributed by atoms with van der Waals surface area (Å²) in [6.45, 7) is 11.1. The van der Waals surface area contributed by atoms with Crippen LogP contribution in [0, 0.1) is 0 Å². The first-order chi connectivity index (χ1) is 11.3. The summed E-state index contributed by atoms with van der Waals surface area (Å²) in [6.07, 6.45) is 0. The smallest absolute Gasteiger partial charge is 0.134 e. The molecule has 0 atom stereocenters. The molecule has 1 aromatic heterocycles. The highest BCUT2D eigenvalue weighted by molar-refractivity contribution is 5.65. The van der Waals surface area contributed by atoms with Crippen molar-refractivity contribution in [2.24, 2.45) is 0 Å². The molecular formula is C23H26O. The van der Waals surface area contributed by atoms with Crippen LogP contribution in [0.15, 0.2) is 65.1 Å². The number of furan rings is 1. The number of rotatable bonds is 3. The van der Waals surface area contributed by atoms with Gasteiger partial charge in [-0.05, 0) is 34.6 Å². The van der Waals surface area contributed by atoms with Crippen LogP contribution in [-0.2, 0) is 5.41 Å². The fourth-order valence-corrected chi connectivity index (χ4v) is 2.81. The van der Waals surface area contributed by atoms with Gasteiger partial charge in [0.05, 0.1) is 0 Å². The Morgan fingerprint density at radius 1 is 0.667 bits per heavy atom. The molecule has 0 saturated heterocycles. The molecule has 24 heavy (non-hydrogen) atoms. The van der Waals surface area contributed by atoms with Crippen LogP contribution in [0.5, 0.6) is 0 Å². The predicted molar refractivity (Wildman–Crippen MR) is 102 cm³/mol. The summed E-state index contributed by atoms with van der Waals surface area (Å²) < 4.78 is 6.08. The summed E-state index contributed by atoms with van der Waals surface area (Å²) in [5, 5.41) is 0. The topological polar surface area (TPSA) is 13.1 Å². The van der Waals surface area contributed by atoms with E-state index in [9.17, 15) is 0 Å². The van der Waals surface area contributed by atoms with Crippen molar-refractivity contribution in [3.8, 4) is 22.6 Å². The van der Waals surface area contributed by atoms with Crippen LogP contribution in [0.1, 0.15) is 51.7 Å². The Hall–Kier alpha value is -2.28. The Kier molecular flexibility index (Phi) is 4.36. The lowest BCUT2D eigenvalue weighted by atomic mass is 9.86. The molecule has 0 radical (unpaired) electrons. The van der Waals surface area contributed by atoms with E-state index in [1.165, 1.54) is 11.1 Å². The number of benzene rings is 2. The van der Waals surface area contributed by atoms with E-state index < -0.39 is 0 Å². The summed E-state index contributed by atoms with van der Waals surface area (Å²) in [7, 11) is 0. The quantitative estimate of drug-likeness (QED) is 0.505. The molecule has 0 bridgehead atoms. The van der Waals surface area contributed by atoms with Crippen molar-refractivity contribution < 1.29 is 4.42 Å². The average Bonchev–Trinajstić information content (AvgIpc) is 3.04. The lowest BCUT2D eigenvalue weighted by molar-refractivity contribution is 0.588. The first kappa shape index (κ1) is 16.6. The molecule has 124 valence electrons. The second-order valence-corrected chi connectivity index (χ2v) is 7.77. The van der Waals surface area contributed by atoms with Crippen LogP contribution >= 0.6 is 0 Å². The van der Waals surface area contributed by atoms with Gasteiger partial charge in [0.25, 0.3) is 0 Å². The maximum atomic E-state index is 6.08. The van der Waals surface area contributed by atoms with E-state index in [0.717, 1.165) is 22.6 Å². The third kappa shape index (κ3) is 3.46. The highest BCUT2D eigenvalue weighted by Crippen LogP contribution is 2.31. The first-order valence-corrected chi connectivity index (χ1v) is 8.66. The van der Waals surface area contributed by atoms with Crippen LogP contribution < -0.4 is 0 Å². The summed E-state index contributed by atoms with van der Waals surface area (Å²) in [4.78, 5) is 0. The number of hydrogen-bond acceptors (Lipinski definition) is 1. The maximum Gasteiger partial charge on any atom is 0.134 e. The fourth-order valence-electron chi connectivity index (χ4n) is 2.81. The van der Waals surface area contributed by atoms with Crippen LogP contribution in [0.4, 0.5) is 0 Å². The molecule has 0 fully saturated rings. The van der Waals surface area contributed by atoms with E-state index in [0.29, 0.717) is 5.92 Å². The number of hydrogen-bond donors (Lipinski definition) is 0. The van der Waals surface area contributed by atoms with Gasteiger partial charge in [0, 0.05) is 11.1 Å². The zero-order chi connectivity index (χ0) is 17.3. The summed E-state index contributed by atoms with van der Waals surface area (Å²) >= 11 is 0. The summed E-state index contributed by atoms with van der Waals surface area (Å²) in [6, 6.07) is 21.4. The van der Waals surface area contributed by atoms with Gasteiger partial charge in [-0.2, -0.15) is 0 Å². The fraction of sp³-hybridized carbons (Fsp3) is 0.304. The molecule has 0 amide bonds. The molecule has 0 unspecified atom stereocenters. The van der Waals surface area contributed by atoms with E-state index in [2.05, 4.69) is 95.3 Å². The Labute approximate surface area is 145 Å². The lowest BCUT2D eigenvalue weighted by Gasteiger charge is -2.18. The highest BCUT2D eigenvalue weighted by Gasteiger charge is 2.14. The molecule has 3 rings (SSSR count). The van der Waals surface area contributed by atoms with Gasteiger partial charge in [-0.15, -0.1) is 0 Å². The van der Waals surface area contributed by atoms with Gasteiger partial charge >= 0.3 is 0 Å². The standard InChI is InChI=1S/C23H26O/c1-16(2)17-6-8-18(9-7-17)21-14-15-22(24-21)19-10-12-20(13-11-19)23(3,4)5/h6-16H,1-5H3. The zero-order valence-electron chi connectivity index (χ0n) is 15.3. The molecule has 0 aliphatic heterocycles. The van der Waals surface area contributed by atoms with Crippen molar-refractivity contribution in [1.82, 2.24) is 0 Å². The van der Waals surface area contributed by atoms with E-state index in [4.69, 9.17) is 4.42 Å². The van der Waals surface area contributed by atoms with Crippen LogP contribution in [0.3, 0.4) is 0 Å². The van der Waals surface area contributed by atoms with Crippen molar-refractivity contribution in [2.45, 2.75) is 46.0 Å². The van der Waals surface area contributed by atoms with Crippen LogP contribution in [0.25, 0.3) is 22.6 Å². The van der Waals surface area contributed by atoms with Gasteiger partial charge in [0.2, 0.25) is 0 Å². The Morgan fingerprint density at radius 3 is 1.54 bits per heavy atom. The van der Waals surface area contributed by atoms with Crippen molar-refractivity contribution in [2.75, 3.05) is 0 Å². The van der Waals surface area contributed by atoms with Crippen molar-refractivity contribution in [1.29, 1.82) is 0 Å². The van der Waals surface area contributed by atoms with Gasteiger partial charge in [-0.3, -0.25) is 0 Å². The summed E-state index contributed by atoms with van der Waals surface area (Å²) in [5.41, 5.74) is 5.10. The van der Waals surface area contributed by atoms with Gasteiger partial charge < -0.3 is 4.42 Å². The molecule has 1 nitrogen and oxygen atoms in total. The monoisotopic (exact) mass is 318 g/mol. The summed E-state index contributed by atoms with van der Waals surface area (Å²) in [5.74, 6) is 2.38. The van der Waals surface area contributed by atoms with Crippen molar-refractivity contribution in [3.05, 3.63) is 71.8 Å². The molecule has 0 aliphatic rings. The minimum absolute atomic E-state index is 0.172. The predicted octanol–water partition coefficient (Wildman–Crippen LogP) is 7.03. The molecule has 1 heteroatoms. The Morgan fingerprint density at radius 2 is 1.12 bits per heavy atom. The maximum absolute atomic E-state index is 6.08. The third-order valence-corrected chi connectivity index (χ3v) is 4.50. The van der Waals surface area contributed by atoms with E-state index >= 15 is 0 Å². The Balaban J connectivity index is 1.85.